The van der Waals surface area contributed by atoms with Crippen LogP contribution in [0.25, 0.3) is 12.2 Å². The lowest BCUT2D eigenvalue weighted by Crippen LogP contribution is -1.97. The average molecular weight is 298 g/mol. The first-order valence-corrected chi connectivity index (χ1v) is 7.94. The number of fused-ring (bicyclic) bond motifs is 6. The largest absolute Gasteiger partial charge is 0.340 e. The summed E-state index contributed by atoms with van der Waals surface area (Å²) in [6.07, 6.45) is 8.26. The molecule has 0 radical (unpaired) electrons. The van der Waals surface area contributed by atoms with E-state index in [9.17, 15) is 0 Å². The minimum atomic E-state index is 0.898. The van der Waals surface area contributed by atoms with E-state index in [4.69, 9.17) is 0 Å². The van der Waals surface area contributed by atoms with Gasteiger partial charge in [-0.15, -0.1) is 0 Å². The third-order valence-electron chi connectivity index (χ3n) is 4.11. The van der Waals surface area contributed by atoms with Gasteiger partial charge in [0.1, 0.15) is 5.82 Å². The van der Waals surface area contributed by atoms with Crippen molar-refractivity contribution in [3.05, 3.63) is 89.1 Å². The second kappa shape index (κ2) is 6.09. The number of hydrogen-bond acceptors (Lipinski definition) is 2. The van der Waals surface area contributed by atoms with Gasteiger partial charge >= 0.3 is 0 Å². The number of rotatable bonds is 0. The maximum atomic E-state index is 4.43. The van der Waals surface area contributed by atoms with Crippen LogP contribution in [0.5, 0.6) is 0 Å². The minimum Gasteiger partial charge on any atom is -0.340 e. The van der Waals surface area contributed by atoms with Gasteiger partial charge in [0, 0.05) is 11.9 Å². The summed E-state index contributed by atoms with van der Waals surface area (Å²) in [6.45, 7) is 0. The predicted molar refractivity (Wildman–Crippen MR) is 96.7 cm³/mol. The van der Waals surface area contributed by atoms with Crippen molar-refractivity contribution in [1.29, 1.82) is 0 Å². The fourth-order valence-corrected chi connectivity index (χ4v) is 2.90. The van der Waals surface area contributed by atoms with E-state index < -0.39 is 0 Å². The molecule has 2 aromatic carbocycles. The molecule has 2 heteroatoms. The first-order valence-electron chi connectivity index (χ1n) is 7.94. The summed E-state index contributed by atoms with van der Waals surface area (Å²) in [6, 6.07) is 21.4. The third kappa shape index (κ3) is 3.32. The molecule has 0 atom stereocenters. The van der Waals surface area contributed by atoms with E-state index in [0.717, 1.165) is 24.3 Å². The summed E-state index contributed by atoms with van der Waals surface area (Å²) in [4.78, 5) is 4.43. The van der Waals surface area contributed by atoms with Crippen LogP contribution in [-0.4, -0.2) is 4.98 Å². The Kier molecular flexibility index (Phi) is 3.65. The lowest BCUT2D eigenvalue weighted by Gasteiger charge is -2.09. The van der Waals surface area contributed by atoms with Crippen LogP contribution in [0, 0.1) is 0 Å². The molecule has 0 fully saturated rings. The summed E-state index contributed by atoms with van der Waals surface area (Å²) in [7, 11) is 0. The van der Waals surface area contributed by atoms with Crippen molar-refractivity contribution < 1.29 is 0 Å². The second-order valence-electron chi connectivity index (χ2n) is 5.88. The smallest absolute Gasteiger partial charge is 0.130 e. The molecule has 0 unspecified atom stereocenters. The number of nitrogens with zero attached hydrogens (tertiary/aromatic N) is 1. The van der Waals surface area contributed by atoms with Crippen molar-refractivity contribution >= 4 is 23.7 Å². The van der Waals surface area contributed by atoms with E-state index in [-0.39, 0.29) is 0 Å². The summed E-state index contributed by atoms with van der Waals surface area (Å²) < 4.78 is 0. The SMILES string of the molecule is C1=C\c2cccc(c2)Nc2cc(ccn2)CCc2cccc/1c2. The molecule has 112 valence electrons. The minimum absolute atomic E-state index is 0.898. The molecular formula is C21H18N2. The van der Waals surface area contributed by atoms with Gasteiger partial charge in [0.2, 0.25) is 0 Å². The molecule has 0 saturated heterocycles. The molecule has 2 heterocycles. The van der Waals surface area contributed by atoms with Crippen LogP contribution in [0.4, 0.5) is 11.5 Å². The number of aryl methyl sites for hydroxylation is 2. The van der Waals surface area contributed by atoms with Crippen LogP contribution < -0.4 is 5.32 Å². The highest BCUT2D eigenvalue weighted by Crippen LogP contribution is 2.20. The standard InChI is InChI=1S/C21H18N2/c1-3-16-7-9-18-5-2-6-20(14-18)23-21-15-19(11-12-22-21)10-8-17(4-1)13-16/h1-7,9,11-15H,8,10H2,(H,22,23)/b9-7-. The molecule has 23 heavy (non-hydrogen) atoms. The van der Waals surface area contributed by atoms with Crippen LogP contribution in [0.15, 0.2) is 66.9 Å². The van der Waals surface area contributed by atoms with Crippen molar-refractivity contribution in [1.82, 2.24) is 4.98 Å². The average Bonchev–Trinajstić information content (AvgIpc) is 2.59. The van der Waals surface area contributed by atoms with Gasteiger partial charge in [-0.05, 0) is 59.4 Å². The Balaban J connectivity index is 1.80. The molecule has 0 spiro atoms. The monoisotopic (exact) mass is 298 g/mol. The van der Waals surface area contributed by atoms with Gasteiger partial charge in [-0.2, -0.15) is 0 Å². The van der Waals surface area contributed by atoms with E-state index >= 15 is 0 Å². The number of pyridine rings is 1. The zero-order valence-electron chi connectivity index (χ0n) is 12.9. The summed E-state index contributed by atoms with van der Waals surface area (Å²) in [5, 5.41) is 3.40. The quantitative estimate of drug-likeness (QED) is 0.625. The van der Waals surface area contributed by atoms with Crippen molar-refractivity contribution in [2.45, 2.75) is 12.8 Å². The molecule has 0 aliphatic carbocycles. The number of aromatic nitrogens is 1. The molecular weight excluding hydrogens is 280 g/mol. The summed E-state index contributed by atoms with van der Waals surface area (Å²) in [5.41, 5.74) is 6.14. The maximum Gasteiger partial charge on any atom is 0.130 e. The van der Waals surface area contributed by atoms with Crippen LogP contribution in [0.2, 0.25) is 0 Å². The highest BCUT2D eigenvalue weighted by atomic mass is 15.0. The Morgan fingerprint density at radius 2 is 1.48 bits per heavy atom. The molecule has 0 amide bonds. The van der Waals surface area contributed by atoms with Gasteiger partial charge in [-0.25, -0.2) is 4.98 Å². The first-order chi connectivity index (χ1) is 11.3. The van der Waals surface area contributed by atoms with E-state index in [1.807, 2.05) is 6.20 Å². The van der Waals surface area contributed by atoms with Crippen molar-refractivity contribution in [3.63, 3.8) is 0 Å². The number of hydrogen-bond donors (Lipinski definition) is 1. The highest BCUT2D eigenvalue weighted by molar-refractivity contribution is 5.72. The Hall–Kier alpha value is -2.87. The highest BCUT2D eigenvalue weighted by Gasteiger charge is 2.02. The molecule has 1 aliphatic rings. The topological polar surface area (TPSA) is 24.9 Å². The molecule has 6 bridgehead atoms. The van der Waals surface area contributed by atoms with Gasteiger partial charge < -0.3 is 5.32 Å². The third-order valence-corrected chi connectivity index (χ3v) is 4.11. The van der Waals surface area contributed by atoms with Crippen molar-refractivity contribution in [2.75, 3.05) is 5.32 Å². The zero-order chi connectivity index (χ0) is 15.5. The van der Waals surface area contributed by atoms with Crippen LogP contribution in [-0.2, 0) is 12.8 Å². The van der Waals surface area contributed by atoms with E-state index in [0.29, 0.717) is 0 Å². The Labute approximate surface area is 136 Å². The predicted octanol–water partition coefficient (Wildman–Crippen LogP) is 5.09. The summed E-state index contributed by atoms with van der Waals surface area (Å²) in [5.74, 6) is 0.898. The first kappa shape index (κ1) is 13.8. The normalized spacial score (nSPS) is 14.4. The molecule has 1 aromatic heterocycles. The number of nitrogens with one attached hydrogen (secondary N) is 1. The molecule has 3 aromatic rings. The van der Waals surface area contributed by atoms with Gasteiger partial charge in [0.15, 0.2) is 0 Å². The van der Waals surface area contributed by atoms with Gasteiger partial charge in [-0.3, -0.25) is 0 Å². The number of benzene rings is 2. The van der Waals surface area contributed by atoms with Crippen LogP contribution in [0.1, 0.15) is 22.3 Å². The molecule has 0 saturated carbocycles. The van der Waals surface area contributed by atoms with Gasteiger partial charge in [0.25, 0.3) is 0 Å². The van der Waals surface area contributed by atoms with E-state index in [1.165, 1.54) is 22.3 Å². The van der Waals surface area contributed by atoms with E-state index in [2.05, 4.69) is 83.1 Å². The van der Waals surface area contributed by atoms with E-state index in [1.54, 1.807) is 0 Å². The van der Waals surface area contributed by atoms with Crippen LogP contribution >= 0.6 is 0 Å². The Morgan fingerprint density at radius 1 is 0.739 bits per heavy atom. The maximum absolute atomic E-state index is 4.43. The molecule has 1 aliphatic heterocycles. The second-order valence-corrected chi connectivity index (χ2v) is 5.88. The lowest BCUT2D eigenvalue weighted by atomic mass is 10.0. The zero-order valence-corrected chi connectivity index (χ0v) is 12.9. The molecule has 1 N–H and O–H groups in total. The van der Waals surface area contributed by atoms with Crippen molar-refractivity contribution in [3.8, 4) is 0 Å². The lowest BCUT2D eigenvalue weighted by molar-refractivity contribution is 0.955. The summed E-state index contributed by atoms with van der Waals surface area (Å²) >= 11 is 0. The van der Waals surface area contributed by atoms with Gasteiger partial charge in [-0.1, -0.05) is 48.6 Å². The van der Waals surface area contributed by atoms with Crippen LogP contribution in [0.3, 0.4) is 0 Å². The van der Waals surface area contributed by atoms with Gasteiger partial charge in [0.05, 0.1) is 0 Å². The van der Waals surface area contributed by atoms with Crippen molar-refractivity contribution in [2.24, 2.45) is 0 Å². The fraction of sp³-hybridized carbons (Fsp3) is 0.0952. The molecule has 2 nitrogen and oxygen atoms in total. The number of anilines is 2. The fourth-order valence-electron chi connectivity index (χ4n) is 2.90. The Bertz CT molecular complexity index is 865. The Morgan fingerprint density at radius 3 is 2.35 bits per heavy atom. The molecule has 4 rings (SSSR count).